The van der Waals surface area contributed by atoms with Crippen LogP contribution in [-0.2, 0) is 11.3 Å². The van der Waals surface area contributed by atoms with E-state index < -0.39 is 0 Å². The van der Waals surface area contributed by atoms with Crippen molar-refractivity contribution in [1.29, 1.82) is 0 Å². The highest BCUT2D eigenvalue weighted by atomic mass is 35.5. The lowest BCUT2D eigenvalue weighted by Crippen LogP contribution is -2.23. The molecule has 3 rings (SSSR count). The Morgan fingerprint density at radius 3 is 2.33 bits per heavy atom. The number of rotatable bonds is 6. The fraction of sp³-hybridized carbons (Fsp3) is 0.227. The van der Waals surface area contributed by atoms with Gasteiger partial charge in [-0.3, -0.25) is 9.59 Å². The highest BCUT2D eigenvalue weighted by molar-refractivity contribution is 6.33. The summed E-state index contributed by atoms with van der Waals surface area (Å²) in [6, 6.07) is 12.9. The summed E-state index contributed by atoms with van der Waals surface area (Å²) in [6.45, 7) is 5.62. The van der Waals surface area contributed by atoms with Gasteiger partial charge < -0.3 is 10.6 Å². The third kappa shape index (κ3) is 4.86. The molecule has 0 saturated heterocycles. The topological polar surface area (TPSA) is 76.0 Å². The Balaban J connectivity index is 1.68. The van der Waals surface area contributed by atoms with Crippen LogP contribution in [0.3, 0.4) is 0 Å². The van der Waals surface area contributed by atoms with Crippen molar-refractivity contribution in [2.45, 2.75) is 27.3 Å². The van der Waals surface area contributed by atoms with Crippen LogP contribution >= 0.6 is 11.6 Å². The van der Waals surface area contributed by atoms with E-state index in [4.69, 9.17) is 11.6 Å². The van der Waals surface area contributed by atoms with E-state index in [0.717, 1.165) is 5.56 Å². The molecule has 0 fully saturated rings. The number of carbonyl (C=O) groups is 2. The highest BCUT2D eigenvalue weighted by Gasteiger charge is 2.21. The smallest absolute Gasteiger partial charge is 0.256 e. The van der Waals surface area contributed by atoms with E-state index in [9.17, 15) is 14.0 Å². The van der Waals surface area contributed by atoms with Gasteiger partial charge in [-0.2, -0.15) is 5.10 Å². The van der Waals surface area contributed by atoms with Crippen LogP contribution in [-0.4, -0.2) is 21.6 Å². The van der Waals surface area contributed by atoms with E-state index in [1.165, 1.54) is 28.9 Å². The number of anilines is 1. The molecule has 0 aliphatic rings. The quantitative estimate of drug-likeness (QED) is 0.607. The number of benzene rings is 2. The van der Waals surface area contributed by atoms with E-state index in [1.54, 1.807) is 19.1 Å². The number of nitrogens with zero attached hydrogens (tertiary/aromatic N) is 2. The second kappa shape index (κ2) is 9.09. The molecule has 3 aromatic rings. The number of amides is 2. The lowest BCUT2D eigenvalue weighted by Gasteiger charge is -2.09. The van der Waals surface area contributed by atoms with Crippen LogP contribution in [0.15, 0.2) is 48.5 Å². The van der Waals surface area contributed by atoms with E-state index in [1.807, 2.05) is 26.0 Å². The van der Waals surface area contributed by atoms with Gasteiger partial charge in [-0.25, -0.2) is 9.07 Å². The summed E-state index contributed by atoms with van der Waals surface area (Å²) in [5.41, 5.74) is 2.85. The fourth-order valence-electron chi connectivity index (χ4n) is 2.77. The van der Waals surface area contributed by atoms with Crippen LogP contribution in [0.25, 0.3) is 5.69 Å². The maximum Gasteiger partial charge on any atom is 0.256 e. The summed E-state index contributed by atoms with van der Waals surface area (Å²) in [6.07, 6.45) is 0. The molecular formula is C22H22ClFN4O2. The Kier molecular flexibility index (Phi) is 6.52. The number of aryl methyl sites for hydroxylation is 1. The maximum atomic E-state index is 13.2. The molecule has 0 radical (unpaired) electrons. The van der Waals surface area contributed by atoms with E-state index in [-0.39, 0.29) is 40.8 Å². The van der Waals surface area contributed by atoms with Gasteiger partial charge in [-0.15, -0.1) is 0 Å². The largest absolute Gasteiger partial charge is 0.348 e. The van der Waals surface area contributed by atoms with E-state index >= 15 is 0 Å². The standard InChI is InChI=1S/C22H22ClFN4O2/c1-13(2)21(29)26-17-8-4-15(5-9-17)12-25-22(30)19-14(3)27-28(20(19)23)18-10-6-16(24)7-11-18/h4-11,13H,12H2,1-3H3,(H,25,30)(H,26,29). The third-order valence-electron chi connectivity index (χ3n) is 4.50. The van der Waals surface area contributed by atoms with Gasteiger partial charge in [-0.1, -0.05) is 37.6 Å². The van der Waals surface area contributed by atoms with Crippen molar-refractivity contribution in [1.82, 2.24) is 15.1 Å². The second-order valence-electron chi connectivity index (χ2n) is 7.16. The van der Waals surface area contributed by atoms with Crippen molar-refractivity contribution in [3.8, 4) is 5.69 Å². The van der Waals surface area contributed by atoms with E-state index in [2.05, 4.69) is 15.7 Å². The maximum absolute atomic E-state index is 13.2. The molecule has 0 atom stereocenters. The summed E-state index contributed by atoms with van der Waals surface area (Å²) in [4.78, 5) is 24.4. The first-order chi connectivity index (χ1) is 14.3. The number of hydrogen-bond acceptors (Lipinski definition) is 3. The summed E-state index contributed by atoms with van der Waals surface area (Å²) in [7, 11) is 0. The first-order valence-electron chi connectivity index (χ1n) is 9.45. The van der Waals surface area contributed by atoms with Crippen molar-refractivity contribution in [2.75, 3.05) is 5.32 Å². The normalized spacial score (nSPS) is 10.9. The SMILES string of the molecule is Cc1nn(-c2ccc(F)cc2)c(Cl)c1C(=O)NCc1ccc(NC(=O)C(C)C)cc1. The van der Waals surface area contributed by atoms with Crippen LogP contribution in [0.1, 0.15) is 35.5 Å². The Morgan fingerprint density at radius 2 is 1.73 bits per heavy atom. The zero-order valence-electron chi connectivity index (χ0n) is 16.9. The molecule has 1 heterocycles. The lowest BCUT2D eigenvalue weighted by atomic mass is 10.1. The first kappa shape index (κ1) is 21.5. The van der Waals surface area contributed by atoms with Gasteiger partial charge in [0.1, 0.15) is 11.0 Å². The summed E-state index contributed by atoms with van der Waals surface area (Å²) in [5.74, 6) is -0.887. The average molecular weight is 429 g/mol. The van der Waals surface area contributed by atoms with Crippen LogP contribution in [0.2, 0.25) is 5.15 Å². The Bertz CT molecular complexity index is 1060. The molecule has 0 unspecified atom stereocenters. The summed E-state index contributed by atoms with van der Waals surface area (Å²) in [5, 5.41) is 10.1. The summed E-state index contributed by atoms with van der Waals surface area (Å²) < 4.78 is 14.6. The minimum absolute atomic E-state index is 0.0562. The number of aromatic nitrogens is 2. The lowest BCUT2D eigenvalue weighted by molar-refractivity contribution is -0.118. The Labute approximate surface area is 179 Å². The second-order valence-corrected chi connectivity index (χ2v) is 7.52. The molecule has 2 N–H and O–H groups in total. The summed E-state index contributed by atoms with van der Waals surface area (Å²) >= 11 is 6.38. The van der Waals surface area contributed by atoms with Crippen LogP contribution in [0.4, 0.5) is 10.1 Å². The zero-order valence-corrected chi connectivity index (χ0v) is 17.6. The van der Waals surface area contributed by atoms with Crippen LogP contribution < -0.4 is 10.6 Å². The molecule has 0 bridgehead atoms. The molecule has 30 heavy (non-hydrogen) atoms. The first-order valence-corrected chi connectivity index (χ1v) is 9.83. The monoisotopic (exact) mass is 428 g/mol. The van der Waals surface area contributed by atoms with Gasteiger partial charge in [0.2, 0.25) is 5.91 Å². The highest BCUT2D eigenvalue weighted by Crippen LogP contribution is 2.24. The predicted octanol–water partition coefficient (Wildman–Crippen LogP) is 4.50. The number of hydrogen-bond donors (Lipinski definition) is 2. The average Bonchev–Trinajstić information content (AvgIpc) is 3.01. The number of halogens is 2. The van der Waals surface area contributed by atoms with Crippen molar-refractivity contribution < 1.29 is 14.0 Å². The molecule has 2 aromatic carbocycles. The predicted molar refractivity (Wildman–Crippen MR) is 114 cm³/mol. The van der Waals surface area contributed by atoms with Gasteiger partial charge >= 0.3 is 0 Å². The fourth-order valence-corrected chi connectivity index (χ4v) is 3.13. The van der Waals surface area contributed by atoms with Gasteiger partial charge in [0.05, 0.1) is 16.9 Å². The number of carbonyl (C=O) groups excluding carboxylic acids is 2. The molecule has 0 saturated carbocycles. The zero-order chi connectivity index (χ0) is 21.8. The van der Waals surface area contributed by atoms with Crippen molar-refractivity contribution in [3.05, 3.63) is 76.3 Å². The van der Waals surface area contributed by atoms with Crippen LogP contribution in [0.5, 0.6) is 0 Å². The van der Waals surface area contributed by atoms with Crippen molar-refractivity contribution in [3.63, 3.8) is 0 Å². The van der Waals surface area contributed by atoms with Gasteiger partial charge in [0.15, 0.2) is 0 Å². The van der Waals surface area contributed by atoms with Gasteiger partial charge in [0, 0.05) is 18.2 Å². The van der Waals surface area contributed by atoms with Crippen molar-refractivity contribution >= 4 is 29.1 Å². The third-order valence-corrected chi connectivity index (χ3v) is 4.85. The molecule has 0 aliphatic carbocycles. The molecule has 6 nitrogen and oxygen atoms in total. The Hall–Kier alpha value is -3.19. The molecule has 1 aromatic heterocycles. The minimum atomic E-state index is -0.369. The minimum Gasteiger partial charge on any atom is -0.348 e. The molecule has 0 spiro atoms. The molecular weight excluding hydrogens is 407 g/mol. The molecule has 8 heteroatoms. The van der Waals surface area contributed by atoms with Crippen LogP contribution in [0, 0.1) is 18.7 Å². The van der Waals surface area contributed by atoms with E-state index in [0.29, 0.717) is 17.1 Å². The molecule has 0 aliphatic heterocycles. The number of nitrogens with one attached hydrogen (secondary N) is 2. The molecule has 156 valence electrons. The van der Waals surface area contributed by atoms with Gasteiger partial charge in [0.25, 0.3) is 5.91 Å². The molecule has 2 amide bonds. The van der Waals surface area contributed by atoms with Gasteiger partial charge in [-0.05, 0) is 48.9 Å². The Morgan fingerprint density at radius 1 is 1.10 bits per heavy atom. The van der Waals surface area contributed by atoms with Crippen molar-refractivity contribution in [2.24, 2.45) is 5.92 Å².